The Bertz CT molecular complexity index is 524. The van der Waals surface area contributed by atoms with Crippen molar-refractivity contribution >= 4 is 23.0 Å². The van der Waals surface area contributed by atoms with E-state index in [4.69, 9.17) is 22.5 Å². The van der Waals surface area contributed by atoms with Crippen LogP contribution in [0.5, 0.6) is 0 Å². The van der Waals surface area contributed by atoms with Gasteiger partial charge in [0.1, 0.15) is 5.84 Å². The molecule has 2 aliphatic carbocycles. The van der Waals surface area contributed by atoms with Crippen LogP contribution in [-0.2, 0) is 0 Å². The molecule has 1 saturated carbocycles. The number of nitrogens with two attached hydrogens (primary N) is 1. The highest BCUT2D eigenvalue weighted by Gasteiger charge is 2.54. The number of nitrogens with zero attached hydrogens (tertiary/aromatic N) is 1. The highest BCUT2D eigenvalue weighted by atomic mass is 35.5. The minimum Gasteiger partial charge on any atom is -0.409 e. The fourth-order valence-electron chi connectivity index (χ4n) is 2.83. The maximum atomic E-state index is 8.64. The summed E-state index contributed by atoms with van der Waals surface area (Å²) in [5, 5.41) is 12.5. The minimum atomic E-state index is 0.239. The van der Waals surface area contributed by atoms with E-state index in [9.17, 15) is 0 Å². The Hall–Kier alpha value is -1.48. The summed E-state index contributed by atoms with van der Waals surface area (Å²) in [5.74, 6) is 1.56. The molecule has 1 aromatic carbocycles. The molecule has 88 valence electrons. The smallest absolute Gasteiger partial charge is 0.143 e. The Kier molecular flexibility index (Phi) is 2.37. The van der Waals surface area contributed by atoms with E-state index < -0.39 is 0 Å². The number of hydrogen-bond donors (Lipinski definition) is 2. The predicted octanol–water partition coefficient (Wildman–Crippen LogP) is 2.74. The molecular weight excluding hydrogens is 236 g/mol. The first-order chi connectivity index (χ1) is 8.20. The van der Waals surface area contributed by atoms with Crippen LogP contribution in [0.4, 0.5) is 0 Å². The summed E-state index contributed by atoms with van der Waals surface area (Å²) < 4.78 is 0. The lowest BCUT2D eigenvalue weighted by Gasteiger charge is -2.06. The number of allylic oxidation sites excluding steroid dienone is 2. The van der Waals surface area contributed by atoms with Gasteiger partial charge < -0.3 is 10.9 Å². The molecule has 0 aliphatic heterocycles. The molecule has 1 aromatic rings. The standard InChI is InChI=1S/C13H13ClN2O/c14-9-3-1-2-7(4-9)8-5-10-11(6-8)12(10)13(15)16-17/h1-5,10-12,17H,6H2,(H2,15,16). The maximum Gasteiger partial charge on any atom is 0.143 e. The number of oxime groups is 1. The lowest BCUT2D eigenvalue weighted by molar-refractivity contribution is 0.316. The molecule has 0 heterocycles. The van der Waals surface area contributed by atoms with Gasteiger partial charge in [0.15, 0.2) is 0 Å². The number of fused-ring (bicyclic) bond motifs is 1. The second-order valence-corrected chi connectivity index (χ2v) is 5.13. The second kappa shape index (κ2) is 3.77. The lowest BCUT2D eigenvalue weighted by Crippen LogP contribution is -2.16. The minimum absolute atomic E-state index is 0.239. The molecule has 3 nitrogen and oxygen atoms in total. The molecular formula is C13H13ClN2O. The molecule has 0 radical (unpaired) electrons. The Morgan fingerprint density at radius 3 is 2.88 bits per heavy atom. The number of rotatable bonds is 2. The molecule has 2 aliphatic rings. The molecule has 3 N–H and O–H groups in total. The molecule has 0 amide bonds. The van der Waals surface area contributed by atoms with E-state index >= 15 is 0 Å². The zero-order chi connectivity index (χ0) is 12.0. The van der Waals surface area contributed by atoms with Crippen LogP contribution < -0.4 is 5.73 Å². The molecule has 0 spiro atoms. The summed E-state index contributed by atoms with van der Waals surface area (Å²) in [7, 11) is 0. The number of amidine groups is 1. The largest absolute Gasteiger partial charge is 0.409 e. The summed E-state index contributed by atoms with van der Waals surface area (Å²) >= 11 is 5.97. The Morgan fingerprint density at radius 1 is 1.47 bits per heavy atom. The van der Waals surface area contributed by atoms with Crippen LogP contribution in [0.3, 0.4) is 0 Å². The van der Waals surface area contributed by atoms with Crippen molar-refractivity contribution in [3.63, 3.8) is 0 Å². The molecule has 0 saturated heterocycles. The average Bonchev–Trinajstić information content (AvgIpc) is 2.82. The van der Waals surface area contributed by atoms with Gasteiger partial charge in [0.2, 0.25) is 0 Å². The average molecular weight is 249 g/mol. The summed E-state index contributed by atoms with van der Waals surface area (Å²) in [5.41, 5.74) is 8.13. The summed E-state index contributed by atoms with van der Waals surface area (Å²) in [4.78, 5) is 0. The van der Waals surface area contributed by atoms with Crippen molar-refractivity contribution in [1.82, 2.24) is 0 Å². The summed E-state index contributed by atoms with van der Waals surface area (Å²) in [6.45, 7) is 0. The van der Waals surface area contributed by atoms with E-state index in [1.807, 2.05) is 18.2 Å². The Morgan fingerprint density at radius 2 is 2.29 bits per heavy atom. The van der Waals surface area contributed by atoms with Crippen LogP contribution in [0.1, 0.15) is 12.0 Å². The molecule has 4 heteroatoms. The van der Waals surface area contributed by atoms with Crippen molar-refractivity contribution in [2.45, 2.75) is 6.42 Å². The van der Waals surface area contributed by atoms with Crippen molar-refractivity contribution in [2.75, 3.05) is 0 Å². The normalized spacial score (nSPS) is 31.0. The van der Waals surface area contributed by atoms with E-state index in [0.717, 1.165) is 11.4 Å². The van der Waals surface area contributed by atoms with Gasteiger partial charge >= 0.3 is 0 Å². The fourth-order valence-corrected chi connectivity index (χ4v) is 3.02. The van der Waals surface area contributed by atoms with Gasteiger partial charge in [-0.3, -0.25) is 0 Å². The van der Waals surface area contributed by atoms with Gasteiger partial charge in [-0.1, -0.05) is 35.0 Å². The predicted molar refractivity (Wildman–Crippen MR) is 67.9 cm³/mol. The number of halogens is 1. The first-order valence-electron chi connectivity index (χ1n) is 5.65. The topological polar surface area (TPSA) is 58.6 Å². The molecule has 3 unspecified atom stereocenters. The van der Waals surface area contributed by atoms with E-state index in [0.29, 0.717) is 17.7 Å². The Labute approximate surface area is 105 Å². The second-order valence-electron chi connectivity index (χ2n) is 4.70. The van der Waals surface area contributed by atoms with E-state index in [2.05, 4.69) is 17.3 Å². The fraction of sp³-hybridized carbons (Fsp3) is 0.308. The molecule has 3 rings (SSSR count). The van der Waals surface area contributed by atoms with Crippen LogP contribution >= 0.6 is 11.6 Å². The van der Waals surface area contributed by atoms with Crippen LogP contribution in [0.15, 0.2) is 35.5 Å². The van der Waals surface area contributed by atoms with Crippen LogP contribution in [-0.4, -0.2) is 11.0 Å². The van der Waals surface area contributed by atoms with E-state index in [1.165, 1.54) is 11.1 Å². The van der Waals surface area contributed by atoms with Crippen LogP contribution in [0.25, 0.3) is 5.57 Å². The number of benzene rings is 1. The zero-order valence-corrected chi connectivity index (χ0v) is 9.93. The first kappa shape index (κ1) is 10.7. The van der Waals surface area contributed by atoms with Crippen LogP contribution in [0, 0.1) is 17.8 Å². The summed E-state index contributed by atoms with van der Waals surface area (Å²) in [6, 6.07) is 7.89. The zero-order valence-electron chi connectivity index (χ0n) is 9.18. The van der Waals surface area contributed by atoms with Gasteiger partial charge in [-0.2, -0.15) is 0 Å². The molecule has 17 heavy (non-hydrogen) atoms. The first-order valence-corrected chi connectivity index (χ1v) is 6.02. The van der Waals surface area contributed by atoms with Gasteiger partial charge in [0.05, 0.1) is 0 Å². The van der Waals surface area contributed by atoms with Gasteiger partial charge in [0, 0.05) is 10.9 Å². The van der Waals surface area contributed by atoms with Crippen molar-refractivity contribution in [1.29, 1.82) is 0 Å². The third-order valence-electron chi connectivity index (χ3n) is 3.73. The monoisotopic (exact) mass is 248 g/mol. The van der Waals surface area contributed by atoms with Gasteiger partial charge in [0.25, 0.3) is 0 Å². The quantitative estimate of drug-likeness (QED) is 0.366. The highest BCUT2D eigenvalue weighted by Crippen LogP contribution is 2.58. The van der Waals surface area contributed by atoms with Crippen molar-refractivity contribution in [3.05, 3.63) is 40.9 Å². The highest BCUT2D eigenvalue weighted by molar-refractivity contribution is 6.30. The van der Waals surface area contributed by atoms with Crippen LogP contribution in [0.2, 0.25) is 5.02 Å². The van der Waals surface area contributed by atoms with E-state index in [-0.39, 0.29) is 5.92 Å². The molecule has 0 bridgehead atoms. The SMILES string of the molecule is N/C(=N\O)C1C2C=C(c3cccc(Cl)c3)CC21. The number of hydrogen-bond acceptors (Lipinski definition) is 2. The Balaban J connectivity index is 1.80. The molecule has 1 fully saturated rings. The van der Waals surface area contributed by atoms with Crippen molar-refractivity contribution < 1.29 is 5.21 Å². The molecule has 3 atom stereocenters. The third-order valence-corrected chi connectivity index (χ3v) is 3.97. The van der Waals surface area contributed by atoms with Gasteiger partial charge in [-0.15, -0.1) is 0 Å². The third kappa shape index (κ3) is 1.71. The summed E-state index contributed by atoms with van der Waals surface area (Å²) in [6.07, 6.45) is 3.23. The van der Waals surface area contributed by atoms with Crippen molar-refractivity contribution in [3.8, 4) is 0 Å². The molecule has 0 aromatic heterocycles. The lowest BCUT2D eigenvalue weighted by atomic mass is 10.0. The van der Waals surface area contributed by atoms with E-state index in [1.54, 1.807) is 0 Å². The van der Waals surface area contributed by atoms with Gasteiger partial charge in [-0.25, -0.2) is 0 Å². The maximum absolute atomic E-state index is 8.64. The van der Waals surface area contributed by atoms with Crippen molar-refractivity contribution in [2.24, 2.45) is 28.6 Å². The van der Waals surface area contributed by atoms with Gasteiger partial charge in [-0.05, 0) is 41.5 Å².